The highest BCUT2D eigenvalue weighted by Gasteiger charge is 2.34. The third kappa shape index (κ3) is 4.16. The number of ether oxygens (including phenoxy) is 1. The smallest absolute Gasteiger partial charge is 0.257 e. The second kappa shape index (κ2) is 8.97. The van der Waals surface area contributed by atoms with Crippen molar-refractivity contribution in [3.05, 3.63) is 101 Å². The van der Waals surface area contributed by atoms with Crippen LogP contribution in [0.2, 0.25) is 0 Å². The van der Waals surface area contributed by atoms with Crippen LogP contribution in [0.4, 0.5) is 0 Å². The fraction of sp³-hybridized carbons (Fsp3) is 0.259. The van der Waals surface area contributed by atoms with Gasteiger partial charge < -0.3 is 4.74 Å². The molecule has 0 fully saturated rings. The van der Waals surface area contributed by atoms with Gasteiger partial charge >= 0.3 is 0 Å². The first-order valence-electron chi connectivity index (χ1n) is 11.1. The molecule has 5 rings (SSSR count). The molecule has 32 heavy (non-hydrogen) atoms. The summed E-state index contributed by atoms with van der Waals surface area (Å²) < 4.78 is 5.31. The minimum Gasteiger partial charge on any atom is -0.497 e. The van der Waals surface area contributed by atoms with Crippen LogP contribution in [-0.4, -0.2) is 41.7 Å². The number of hydrogen-bond acceptors (Lipinski definition) is 4. The predicted molar refractivity (Wildman–Crippen MR) is 126 cm³/mol. The van der Waals surface area contributed by atoms with Crippen LogP contribution in [0.25, 0.3) is 0 Å². The van der Waals surface area contributed by atoms with Crippen LogP contribution in [-0.2, 0) is 17.8 Å². The molecule has 0 N–H and O–H groups in total. The number of fused-ring (bicyclic) bond motifs is 1. The van der Waals surface area contributed by atoms with Crippen LogP contribution in [0.15, 0.2) is 84.0 Å². The SMILES string of the molecule is COc1ccc(C2CC(c3ccccc3)=NN2C(=O)CN2CCc3ccccc3C2)cc1. The lowest BCUT2D eigenvalue weighted by atomic mass is 9.98. The minimum absolute atomic E-state index is 0.0381. The molecule has 0 bridgehead atoms. The molecule has 2 heterocycles. The van der Waals surface area contributed by atoms with E-state index in [-0.39, 0.29) is 11.9 Å². The van der Waals surface area contributed by atoms with Gasteiger partial charge in [-0.2, -0.15) is 5.10 Å². The van der Waals surface area contributed by atoms with E-state index in [0.29, 0.717) is 13.0 Å². The van der Waals surface area contributed by atoms with E-state index in [9.17, 15) is 4.79 Å². The molecule has 2 aliphatic heterocycles. The molecule has 5 nitrogen and oxygen atoms in total. The van der Waals surface area contributed by atoms with Crippen molar-refractivity contribution in [1.29, 1.82) is 0 Å². The maximum absolute atomic E-state index is 13.5. The van der Waals surface area contributed by atoms with Gasteiger partial charge in [0.05, 0.1) is 25.4 Å². The zero-order chi connectivity index (χ0) is 21.9. The quantitative estimate of drug-likeness (QED) is 0.607. The molecule has 0 spiro atoms. The average molecular weight is 426 g/mol. The Bertz CT molecular complexity index is 1130. The van der Waals surface area contributed by atoms with E-state index in [1.165, 1.54) is 11.1 Å². The molecule has 1 atom stereocenters. The van der Waals surface area contributed by atoms with Crippen LogP contribution >= 0.6 is 0 Å². The largest absolute Gasteiger partial charge is 0.497 e. The Morgan fingerprint density at radius 3 is 2.44 bits per heavy atom. The molecule has 3 aromatic rings. The van der Waals surface area contributed by atoms with Gasteiger partial charge in [0.2, 0.25) is 0 Å². The number of hydrogen-bond donors (Lipinski definition) is 0. The number of rotatable bonds is 5. The second-order valence-corrected chi connectivity index (χ2v) is 8.37. The number of hydrazone groups is 1. The summed E-state index contributed by atoms with van der Waals surface area (Å²) >= 11 is 0. The Balaban J connectivity index is 1.38. The van der Waals surface area contributed by atoms with Crippen molar-refractivity contribution < 1.29 is 9.53 Å². The van der Waals surface area contributed by atoms with Gasteiger partial charge in [0.25, 0.3) is 5.91 Å². The van der Waals surface area contributed by atoms with Gasteiger partial charge in [-0.15, -0.1) is 0 Å². The molecule has 0 radical (unpaired) electrons. The Morgan fingerprint density at radius 1 is 0.969 bits per heavy atom. The topological polar surface area (TPSA) is 45.1 Å². The number of nitrogens with zero attached hydrogens (tertiary/aromatic N) is 3. The highest BCUT2D eigenvalue weighted by molar-refractivity contribution is 6.03. The lowest BCUT2D eigenvalue weighted by Gasteiger charge is -2.30. The fourth-order valence-corrected chi connectivity index (χ4v) is 4.58. The summed E-state index contributed by atoms with van der Waals surface area (Å²) in [7, 11) is 1.66. The summed E-state index contributed by atoms with van der Waals surface area (Å²) in [5.41, 5.74) is 5.78. The Kier molecular flexibility index (Phi) is 5.73. The summed E-state index contributed by atoms with van der Waals surface area (Å²) in [6.07, 6.45) is 1.68. The van der Waals surface area contributed by atoms with Crippen molar-refractivity contribution in [3.63, 3.8) is 0 Å². The standard InChI is InChI=1S/C27H27N3O2/c1-32-24-13-11-22(12-14-24)26-17-25(21-8-3-2-4-9-21)28-30(26)27(31)19-29-16-15-20-7-5-6-10-23(20)18-29/h2-14,26H,15-19H2,1H3. The van der Waals surface area contributed by atoms with E-state index in [0.717, 1.165) is 42.1 Å². The Hall–Kier alpha value is -3.44. The first-order chi connectivity index (χ1) is 15.7. The predicted octanol–water partition coefficient (Wildman–Crippen LogP) is 4.43. The molecule has 0 aromatic heterocycles. The maximum Gasteiger partial charge on any atom is 0.257 e. The maximum atomic E-state index is 13.5. The zero-order valence-electron chi connectivity index (χ0n) is 18.3. The normalized spacial score (nSPS) is 18.2. The van der Waals surface area contributed by atoms with Gasteiger partial charge in [-0.05, 0) is 40.8 Å². The molecule has 2 aliphatic rings. The molecule has 5 heteroatoms. The monoisotopic (exact) mass is 425 g/mol. The van der Waals surface area contributed by atoms with Crippen LogP contribution in [0, 0.1) is 0 Å². The summed E-state index contributed by atoms with van der Waals surface area (Å²) in [6, 6.07) is 26.5. The summed E-state index contributed by atoms with van der Waals surface area (Å²) in [6.45, 7) is 2.06. The van der Waals surface area contributed by atoms with E-state index in [1.54, 1.807) is 12.1 Å². The van der Waals surface area contributed by atoms with E-state index in [1.807, 2.05) is 42.5 Å². The number of amides is 1. The fourth-order valence-electron chi connectivity index (χ4n) is 4.58. The molecule has 1 amide bonds. The highest BCUT2D eigenvalue weighted by Crippen LogP contribution is 2.34. The summed E-state index contributed by atoms with van der Waals surface area (Å²) in [5, 5.41) is 6.51. The average Bonchev–Trinajstić information content (AvgIpc) is 3.30. The number of carbonyl (C=O) groups excluding carboxylic acids is 1. The number of carbonyl (C=O) groups is 1. The molecule has 0 saturated carbocycles. The van der Waals surface area contributed by atoms with Gasteiger partial charge in [0.1, 0.15) is 5.75 Å². The molecular formula is C27H27N3O2. The van der Waals surface area contributed by atoms with Crippen molar-refractivity contribution in [1.82, 2.24) is 9.91 Å². The van der Waals surface area contributed by atoms with Crippen molar-refractivity contribution >= 4 is 11.6 Å². The van der Waals surface area contributed by atoms with Crippen LogP contribution < -0.4 is 4.74 Å². The van der Waals surface area contributed by atoms with Crippen LogP contribution in [0.5, 0.6) is 5.75 Å². The molecule has 162 valence electrons. The van der Waals surface area contributed by atoms with Gasteiger partial charge in [-0.3, -0.25) is 9.69 Å². The lowest BCUT2D eigenvalue weighted by Crippen LogP contribution is -2.40. The number of benzene rings is 3. The molecule has 0 aliphatic carbocycles. The van der Waals surface area contributed by atoms with E-state index in [4.69, 9.17) is 9.84 Å². The van der Waals surface area contributed by atoms with Gasteiger partial charge in [0, 0.05) is 19.5 Å². The highest BCUT2D eigenvalue weighted by atomic mass is 16.5. The number of methoxy groups -OCH3 is 1. The first-order valence-corrected chi connectivity index (χ1v) is 11.1. The van der Waals surface area contributed by atoms with E-state index in [2.05, 4.69) is 41.3 Å². The summed E-state index contributed by atoms with van der Waals surface area (Å²) in [4.78, 5) is 15.7. The molecule has 0 saturated heterocycles. The molecule has 1 unspecified atom stereocenters. The second-order valence-electron chi connectivity index (χ2n) is 8.37. The van der Waals surface area contributed by atoms with Crippen molar-refractivity contribution in [3.8, 4) is 5.75 Å². The van der Waals surface area contributed by atoms with E-state index >= 15 is 0 Å². The van der Waals surface area contributed by atoms with Crippen molar-refractivity contribution in [2.75, 3.05) is 20.2 Å². The molecular weight excluding hydrogens is 398 g/mol. The third-order valence-electron chi connectivity index (χ3n) is 6.34. The van der Waals surface area contributed by atoms with Gasteiger partial charge in [-0.25, -0.2) is 5.01 Å². The van der Waals surface area contributed by atoms with Gasteiger partial charge in [-0.1, -0.05) is 66.7 Å². The minimum atomic E-state index is -0.110. The summed E-state index contributed by atoms with van der Waals surface area (Å²) in [5.74, 6) is 0.844. The van der Waals surface area contributed by atoms with Crippen LogP contribution in [0.3, 0.4) is 0 Å². The zero-order valence-corrected chi connectivity index (χ0v) is 18.3. The first kappa shape index (κ1) is 20.5. The Labute approximate surface area is 188 Å². The van der Waals surface area contributed by atoms with Crippen molar-refractivity contribution in [2.45, 2.75) is 25.4 Å². The van der Waals surface area contributed by atoms with E-state index < -0.39 is 0 Å². The molecule has 3 aromatic carbocycles. The third-order valence-corrected chi connectivity index (χ3v) is 6.34. The van der Waals surface area contributed by atoms with Crippen LogP contribution in [0.1, 0.15) is 34.7 Å². The Morgan fingerprint density at radius 2 is 1.69 bits per heavy atom. The van der Waals surface area contributed by atoms with Gasteiger partial charge in [0.15, 0.2) is 0 Å². The van der Waals surface area contributed by atoms with Crippen molar-refractivity contribution in [2.24, 2.45) is 5.10 Å². The lowest BCUT2D eigenvalue weighted by molar-refractivity contribution is -0.134.